The van der Waals surface area contributed by atoms with Gasteiger partial charge in [-0.2, -0.15) is 13.2 Å². The molecule has 0 bridgehead atoms. The maximum Gasteiger partial charge on any atom is 0.445 e. The van der Waals surface area contributed by atoms with Crippen molar-refractivity contribution in [1.82, 2.24) is 10.2 Å². The fourth-order valence-electron chi connectivity index (χ4n) is 1.54. The Bertz CT molecular complexity index is 625. The predicted octanol–water partition coefficient (Wildman–Crippen LogP) is 2.91. The molecule has 0 unspecified atom stereocenters. The highest BCUT2D eigenvalue weighted by atomic mass is 32.1. The Morgan fingerprint density at radius 3 is 2.43 bits per heavy atom. The number of hydrogen-bond donors (Lipinski definition) is 2. The van der Waals surface area contributed by atoms with E-state index in [2.05, 4.69) is 15.5 Å². The van der Waals surface area contributed by atoms with Crippen LogP contribution in [0.4, 0.5) is 18.3 Å². The molecule has 0 saturated heterocycles. The third-order valence-corrected chi connectivity index (χ3v) is 3.48. The van der Waals surface area contributed by atoms with E-state index >= 15 is 0 Å². The zero-order valence-corrected chi connectivity index (χ0v) is 11.3. The molecule has 1 heterocycles. The molecule has 9 heteroatoms. The summed E-state index contributed by atoms with van der Waals surface area (Å²) < 4.78 is 37.0. The van der Waals surface area contributed by atoms with Crippen LogP contribution >= 0.6 is 11.3 Å². The standard InChI is InChI=1S/C12H10F3N3O2S/c13-12(14,15)10-17-18-11(21-10)16-6-5-7-1-3-8(4-2-7)9(19)20/h1-4H,5-6H2,(H,16,18)(H,19,20). The van der Waals surface area contributed by atoms with Crippen LogP contribution in [0.5, 0.6) is 0 Å². The number of aromatic nitrogens is 2. The number of benzene rings is 1. The number of carbonyl (C=O) groups is 1. The number of nitrogens with zero attached hydrogens (tertiary/aromatic N) is 2. The maximum atomic E-state index is 12.3. The molecule has 0 aliphatic heterocycles. The van der Waals surface area contributed by atoms with Crippen LogP contribution in [0.15, 0.2) is 24.3 Å². The molecular formula is C12H10F3N3O2S. The minimum atomic E-state index is -4.48. The van der Waals surface area contributed by atoms with E-state index in [0.29, 0.717) is 24.3 Å². The Morgan fingerprint density at radius 2 is 1.90 bits per heavy atom. The van der Waals surface area contributed by atoms with Crippen molar-refractivity contribution in [3.05, 3.63) is 40.4 Å². The minimum absolute atomic E-state index is 0.101. The molecule has 0 aliphatic carbocycles. The monoisotopic (exact) mass is 317 g/mol. The SMILES string of the molecule is O=C(O)c1ccc(CCNc2nnc(C(F)(F)F)s2)cc1. The van der Waals surface area contributed by atoms with E-state index in [-0.39, 0.29) is 10.7 Å². The third-order valence-electron chi connectivity index (χ3n) is 2.56. The second-order valence-corrected chi connectivity index (χ2v) is 5.07. The van der Waals surface area contributed by atoms with Gasteiger partial charge in [0.1, 0.15) is 0 Å². The van der Waals surface area contributed by atoms with Crippen LogP contribution in [0, 0.1) is 0 Å². The van der Waals surface area contributed by atoms with Gasteiger partial charge in [0.2, 0.25) is 10.1 Å². The summed E-state index contributed by atoms with van der Waals surface area (Å²) in [4.78, 5) is 10.7. The van der Waals surface area contributed by atoms with E-state index in [9.17, 15) is 18.0 Å². The van der Waals surface area contributed by atoms with Gasteiger partial charge in [0.05, 0.1) is 5.56 Å². The van der Waals surface area contributed by atoms with Crippen LogP contribution in [0.3, 0.4) is 0 Å². The fraction of sp³-hybridized carbons (Fsp3) is 0.250. The van der Waals surface area contributed by atoms with E-state index in [1.807, 2.05) is 0 Å². The van der Waals surface area contributed by atoms with E-state index in [1.165, 1.54) is 12.1 Å². The molecule has 0 aliphatic rings. The first-order valence-corrected chi connectivity index (χ1v) is 6.65. The van der Waals surface area contributed by atoms with Crippen molar-refractivity contribution < 1.29 is 23.1 Å². The average molecular weight is 317 g/mol. The molecule has 0 amide bonds. The van der Waals surface area contributed by atoms with Gasteiger partial charge in [0.25, 0.3) is 0 Å². The molecular weight excluding hydrogens is 307 g/mol. The summed E-state index contributed by atoms with van der Waals surface area (Å²) in [5.74, 6) is -1.01. The van der Waals surface area contributed by atoms with Gasteiger partial charge in [-0.15, -0.1) is 10.2 Å². The first-order chi connectivity index (χ1) is 9.86. The summed E-state index contributed by atoms with van der Waals surface area (Å²) in [6, 6.07) is 6.27. The number of hydrogen-bond acceptors (Lipinski definition) is 5. The Labute approximate surface area is 121 Å². The van der Waals surface area contributed by atoms with Crippen LogP contribution < -0.4 is 5.32 Å². The van der Waals surface area contributed by atoms with Crippen LogP contribution in [0.2, 0.25) is 0 Å². The van der Waals surface area contributed by atoms with E-state index in [1.54, 1.807) is 12.1 Å². The lowest BCUT2D eigenvalue weighted by molar-refractivity contribution is -0.138. The number of anilines is 1. The lowest BCUT2D eigenvalue weighted by Gasteiger charge is -2.03. The number of aromatic carboxylic acids is 1. The summed E-state index contributed by atoms with van der Waals surface area (Å²) in [5, 5.41) is 17.1. The highest BCUT2D eigenvalue weighted by molar-refractivity contribution is 7.15. The zero-order chi connectivity index (χ0) is 15.5. The summed E-state index contributed by atoms with van der Waals surface area (Å²) >= 11 is 0.445. The fourth-order valence-corrected chi connectivity index (χ4v) is 2.17. The lowest BCUT2D eigenvalue weighted by atomic mass is 10.1. The van der Waals surface area contributed by atoms with Gasteiger partial charge in [-0.05, 0) is 24.1 Å². The minimum Gasteiger partial charge on any atom is -0.478 e. The summed E-state index contributed by atoms with van der Waals surface area (Å²) in [7, 11) is 0. The molecule has 0 saturated carbocycles. The van der Waals surface area contributed by atoms with Crippen LogP contribution in [-0.4, -0.2) is 27.8 Å². The summed E-state index contributed by atoms with van der Waals surface area (Å²) in [6.45, 7) is 0.374. The zero-order valence-electron chi connectivity index (χ0n) is 10.5. The molecule has 112 valence electrons. The van der Waals surface area contributed by atoms with Crippen molar-refractivity contribution in [2.45, 2.75) is 12.6 Å². The second-order valence-electron chi connectivity index (χ2n) is 4.09. The summed E-state index contributed by atoms with van der Waals surface area (Å²) in [6.07, 6.45) is -3.95. The van der Waals surface area contributed by atoms with Gasteiger partial charge >= 0.3 is 12.1 Å². The molecule has 1 aromatic carbocycles. The van der Waals surface area contributed by atoms with Gasteiger partial charge in [0, 0.05) is 6.54 Å². The van der Waals surface area contributed by atoms with E-state index < -0.39 is 17.2 Å². The third kappa shape index (κ3) is 4.15. The molecule has 0 radical (unpaired) electrons. The number of carboxylic acids is 1. The van der Waals surface area contributed by atoms with Crippen molar-refractivity contribution in [2.75, 3.05) is 11.9 Å². The Morgan fingerprint density at radius 1 is 1.24 bits per heavy atom. The number of nitrogens with one attached hydrogen (secondary N) is 1. The number of rotatable bonds is 5. The average Bonchev–Trinajstić information content (AvgIpc) is 2.88. The van der Waals surface area contributed by atoms with E-state index in [0.717, 1.165) is 5.56 Å². The first-order valence-electron chi connectivity index (χ1n) is 5.83. The molecule has 5 nitrogen and oxygen atoms in total. The highest BCUT2D eigenvalue weighted by Crippen LogP contribution is 2.32. The molecule has 0 fully saturated rings. The Kier molecular flexibility index (Phi) is 4.41. The number of carboxylic acid groups (broad SMARTS) is 1. The molecule has 0 atom stereocenters. The van der Waals surface area contributed by atoms with Crippen LogP contribution in [0.25, 0.3) is 0 Å². The molecule has 2 aromatic rings. The molecule has 2 rings (SSSR count). The number of halogens is 3. The molecule has 21 heavy (non-hydrogen) atoms. The molecule has 1 aromatic heterocycles. The first kappa shape index (κ1) is 15.2. The van der Waals surface area contributed by atoms with Crippen molar-refractivity contribution in [2.24, 2.45) is 0 Å². The van der Waals surface area contributed by atoms with Gasteiger partial charge < -0.3 is 10.4 Å². The lowest BCUT2D eigenvalue weighted by Crippen LogP contribution is -2.05. The van der Waals surface area contributed by atoms with Gasteiger partial charge in [-0.1, -0.05) is 23.5 Å². The Balaban J connectivity index is 1.86. The largest absolute Gasteiger partial charge is 0.478 e. The topological polar surface area (TPSA) is 75.1 Å². The molecule has 2 N–H and O–H groups in total. The maximum absolute atomic E-state index is 12.3. The van der Waals surface area contributed by atoms with Gasteiger partial charge in [-0.3, -0.25) is 0 Å². The van der Waals surface area contributed by atoms with Gasteiger partial charge in [-0.25, -0.2) is 4.79 Å². The Hall–Kier alpha value is -2.16. The van der Waals surface area contributed by atoms with Crippen LogP contribution in [0.1, 0.15) is 20.9 Å². The smallest absolute Gasteiger partial charge is 0.445 e. The van der Waals surface area contributed by atoms with Crippen molar-refractivity contribution in [1.29, 1.82) is 0 Å². The van der Waals surface area contributed by atoms with E-state index in [4.69, 9.17) is 5.11 Å². The van der Waals surface area contributed by atoms with Crippen molar-refractivity contribution >= 4 is 22.4 Å². The van der Waals surface area contributed by atoms with Gasteiger partial charge in [0.15, 0.2) is 0 Å². The van der Waals surface area contributed by atoms with Crippen LogP contribution in [-0.2, 0) is 12.6 Å². The van der Waals surface area contributed by atoms with Crippen molar-refractivity contribution in [3.63, 3.8) is 0 Å². The number of alkyl halides is 3. The van der Waals surface area contributed by atoms with Crippen molar-refractivity contribution in [3.8, 4) is 0 Å². The second kappa shape index (κ2) is 6.08. The normalized spacial score (nSPS) is 11.4. The molecule has 0 spiro atoms. The summed E-state index contributed by atoms with van der Waals surface area (Å²) in [5.41, 5.74) is 1.05. The quantitative estimate of drug-likeness (QED) is 0.887. The highest BCUT2D eigenvalue weighted by Gasteiger charge is 2.35. The predicted molar refractivity (Wildman–Crippen MR) is 70.5 cm³/mol.